The predicted molar refractivity (Wildman–Crippen MR) is 59.2 cm³/mol. The zero-order valence-corrected chi connectivity index (χ0v) is 8.76. The van der Waals surface area contributed by atoms with Gasteiger partial charge in [0.2, 0.25) is 5.96 Å². The second kappa shape index (κ2) is 3.67. The number of nitrogens with one attached hydrogen (secondary N) is 1. The fourth-order valence-corrected chi connectivity index (χ4v) is 1.33. The van der Waals surface area contributed by atoms with Gasteiger partial charge in [0.15, 0.2) is 0 Å². The summed E-state index contributed by atoms with van der Waals surface area (Å²) in [4.78, 5) is 0. The molecule has 14 heavy (non-hydrogen) atoms. The molecule has 0 radical (unpaired) electrons. The van der Waals surface area contributed by atoms with Crippen molar-refractivity contribution in [2.75, 3.05) is 5.01 Å². The third-order valence-electron chi connectivity index (χ3n) is 2.33. The van der Waals surface area contributed by atoms with Gasteiger partial charge < -0.3 is 5.73 Å². The van der Waals surface area contributed by atoms with E-state index in [1.54, 1.807) is 0 Å². The quantitative estimate of drug-likeness (QED) is 0.270. The number of aryl methyl sites for hydroxylation is 3. The lowest BCUT2D eigenvalue weighted by Crippen LogP contribution is -2.42. The summed E-state index contributed by atoms with van der Waals surface area (Å²) in [6, 6.07) is 3.97. The molecule has 1 aromatic carbocycles. The third kappa shape index (κ3) is 1.85. The van der Waals surface area contributed by atoms with Crippen LogP contribution in [0.15, 0.2) is 12.1 Å². The third-order valence-corrected chi connectivity index (χ3v) is 2.33. The van der Waals surface area contributed by atoms with Crippen LogP contribution in [0.2, 0.25) is 0 Å². The molecule has 4 nitrogen and oxygen atoms in total. The van der Waals surface area contributed by atoms with Gasteiger partial charge in [-0.05, 0) is 43.5 Å². The average Bonchev–Trinajstić information content (AvgIpc) is 2.10. The highest BCUT2D eigenvalue weighted by Gasteiger charge is 2.08. The van der Waals surface area contributed by atoms with Gasteiger partial charge >= 0.3 is 0 Å². The van der Waals surface area contributed by atoms with Gasteiger partial charge in [-0.3, -0.25) is 5.41 Å². The molecule has 0 aliphatic carbocycles. The van der Waals surface area contributed by atoms with Gasteiger partial charge in [-0.1, -0.05) is 6.07 Å². The van der Waals surface area contributed by atoms with Crippen molar-refractivity contribution in [3.63, 3.8) is 0 Å². The van der Waals surface area contributed by atoms with Crippen LogP contribution in [0.25, 0.3) is 0 Å². The van der Waals surface area contributed by atoms with E-state index >= 15 is 0 Å². The van der Waals surface area contributed by atoms with Gasteiger partial charge in [0.25, 0.3) is 0 Å². The highest BCUT2D eigenvalue weighted by molar-refractivity contribution is 5.92. The number of hydrazine groups is 1. The van der Waals surface area contributed by atoms with Crippen LogP contribution in [0, 0.1) is 26.2 Å². The van der Waals surface area contributed by atoms with Crippen molar-refractivity contribution in [1.82, 2.24) is 0 Å². The summed E-state index contributed by atoms with van der Waals surface area (Å²) in [7, 11) is 0. The Bertz CT molecular complexity index is 371. The molecule has 0 aliphatic heterocycles. The molecule has 0 heterocycles. The van der Waals surface area contributed by atoms with E-state index < -0.39 is 0 Å². The Morgan fingerprint density at radius 3 is 2.14 bits per heavy atom. The maximum atomic E-state index is 7.24. The van der Waals surface area contributed by atoms with Crippen molar-refractivity contribution in [3.8, 4) is 0 Å². The zero-order valence-electron chi connectivity index (χ0n) is 8.76. The van der Waals surface area contributed by atoms with Gasteiger partial charge in [-0.2, -0.15) is 0 Å². The molecular weight excluding hydrogens is 176 g/mol. The number of nitrogens with zero attached hydrogens (tertiary/aromatic N) is 1. The van der Waals surface area contributed by atoms with Crippen LogP contribution < -0.4 is 16.6 Å². The molecule has 0 bridgehead atoms. The summed E-state index contributed by atoms with van der Waals surface area (Å²) in [6.45, 7) is 6.00. The molecule has 1 aromatic rings. The monoisotopic (exact) mass is 192 g/mol. The minimum absolute atomic E-state index is 0.156. The standard InChI is InChI=1S/C10H16N4/c1-6-4-8(3)9(5-7(6)2)14(13)10(11)12/h4-5H,13H2,1-3H3,(H3,11,12). The Labute approximate surface area is 84.0 Å². The summed E-state index contributed by atoms with van der Waals surface area (Å²) in [5, 5.41) is 8.42. The number of guanidine groups is 1. The summed E-state index contributed by atoms with van der Waals surface area (Å²) in [6.07, 6.45) is 0. The van der Waals surface area contributed by atoms with Gasteiger partial charge in [0, 0.05) is 0 Å². The Morgan fingerprint density at radius 2 is 1.64 bits per heavy atom. The van der Waals surface area contributed by atoms with E-state index in [4.69, 9.17) is 17.0 Å². The van der Waals surface area contributed by atoms with Crippen molar-refractivity contribution in [2.24, 2.45) is 11.6 Å². The zero-order chi connectivity index (χ0) is 10.9. The Morgan fingerprint density at radius 1 is 1.14 bits per heavy atom. The first-order valence-electron chi connectivity index (χ1n) is 4.40. The van der Waals surface area contributed by atoms with Gasteiger partial charge in [0.05, 0.1) is 5.69 Å². The molecule has 4 heteroatoms. The fraction of sp³-hybridized carbons (Fsp3) is 0.300. The molecule has 0 spiro atoms. The largest absolute Gasteiger partial charge is 0.369 e. The lowest BCUT2D eigenvalue weighted by Gasteiger charge is -2.19. The minimum Gasteiger partial charge on any atom is -0.369 e. The number of hydrogen-bond acceptors (Lipinski definition) is 2. The number of benzene rings is 1. The molecule has 0 atom stereocenters. The van der Waals surface area contributed by atoms with Crippen molar-refractivity contribution in [3.05, 3.63) is 28.8 Å². The van der Waals surface area contributed by atoms with Crippen LogP contribution in [-0.4, -0.2) is 5.96 Å². The van der Waals surface area contributed by atoms with E-state index in [-0.39, 0.29) is 5.96 Å². The van der Waals surface area contributed by atoms with Crippen molar-refractivity contribution in [2.45, 2.75) is 20.8 Å². The van der Waals surface area contributed by atoms with E-state index in [0.717, 1.165) is 16.8 Å². The van der Waals surface area contributed by atoms with E-state index in [9.17, 15) is 0 Å². The molecule has 0 unspecified atom stereocenters. The van der Waals surface area contributed by atoms with Gasteiger partial charge in [-0.25, -0.2) is 10.9 Å². The fourth-order valence-electron chi connectivity index (χ4n) is 1.33. The molecule has 0 fully saturated rings. The Hall–Kier alpha value is -1.55. The number of hydrogen-bond donors (Lipinski definition) is 3. The van der Waals surface area contributed by atoms with E-state index in [1.807, 2.05) is 32.9 Å². The summed E-state index contributed by atoms with van der Waals surface area (Å²) >= 11 is 0. The molecule has 0 aromatic heterocycles. The predicted octanol–water partition coefficient (Wildman–Crippen LogP) is 1.19. The molecule has 0 amide bonds. The minimum atomic E-state index is -0.156. The molecule has 0 saturated heterocycles. The SMILES string of the molecule is Cc1cc(C)c(N(N)C(=N)N)cc1C. The molecule has 5 N–H and O–H groups in total. The van der Waals surface area contributed by atoms with Crippen LogP contribution in [0.1, 0.15) is 16.7 Å². The molecular formula is C10H16N4. The van der Waals surface area contributed by atoms with Crippen LogP contribution in [0.4, 0.5) is 5.69 Å². The topological polar surface area (TPSA) is 79.1 Å². The molecule has 76 valence electrons. The van der Waals surface area contributed by atoms with Crippen molar-refractivity contribution in [1.29, 1.82) is 5.41 Å². The maximum absolute atomic E-state index is 7.24. The molecule has 0 aliphatic rings. The first kappa shape index (κ1) is 10.5. The van der Waals surface area contributed by atoms with Crippen LogP contribution in [0.5, 0.6) is 0 Å². The number of anilines is 1. The normalized spacial score (nSPS) is 10.0. The van der Waals surface area contributed by atoms with E-state index in [0.29, 0.717) is 0 Å². The molecule has 0 saturated carbocycles. The van der Waals surface area contributed by atoms with E-state index in [2.05, 4.69) is 0 Å². The average molecular weight is 192 g/mol. The lowest BCUT2D eigenvalue weighted by atomic mass is 10.0. The van der Waals surface area contributed by atoms with E-state index in [1.165, 1.54) is 10.6 Å². The highest BCUT2D eigenvalue weighted by Crippen LogP contribution is 2.21. The smallest absolute Gasteiger partial charge is 0.207 e. The van der Waals surface area contributed by atoms with Crippen LogP contribution >= 0.6 is 0 Å². The van der Waals surface area contributed by atoms with Crippen molar-refractivity contribution < 1.29 is 0 Å². The summed E-state index contributed by atoms with van der Waals surface area (Å²) in [5.41, 5.74) is 9.46. The Kier molecular flexibility index (Phi) is 2.76. The van der Waals surface area contributed by atoms with Crippen LogP contribution in [0.3, 0.4) is 0 Å². The Balaban J connectivity index is 3.22. The lowest BCUT2D eigenvalue weighted by molar-refractivity contribution is 1.07. The second-order valence-corrected chi connectivity index (χ2v) is 3.48. The molecule has 1 rings (SSSR count). The second-order valence-electron chi connectivity index (χ2n) is 3.48. The van der Waals surface area contributed by atoms with Crippen LogP contribution in [-0.2, 0) is 0 Å². The first-order valence-corrected chi connectivity index (χ1v) is 4.40. The van der Waals surface area contributed by atoms with Gasteiger partial charge in [0.1, 0.15) is 0 Å². The maximum Gasteiger partial charge on any atom is 0.207 e. The number of nitrogens with two attached hydrogens (primary N) is 2. The first-order chi connectivity index (χ1) is 6.43. The van der Waals surface area contributed by atoms with Crippen molar-refractivity contribution >= 4 is 11.6 Å². The highest BCUT2D eigenvalue weighted by atomic mass is 15.5. The number of rotatable bonds is 1. The summed E-state index contributed by atoms with van der Waals surface area (Å²) in [5.74, 6) is 5.49. The van der Waals surface area contributed by atoms with Gasteiger partial charge in [-0.15, -0.1) is 0 Å². The summed E-state index contributed by atoms with van der Waals surface area (Å²) < 4.78 is 0.